The standard InChI is InChI=1S/C21H22N4O3/c1-13-8-15(10-16(9-13)25-7-6-22-21(25)26)19-12-23-20(28-19)24-18-11-17(27-3)5-4-14(18)2/h4-5,8-12H,6-7H2,1-3H3,(H,22,26)(H,23,24). The minimum absolute atomic E-state index is 0.0787. The Hall–Kier alpha value is -3.48. The summed E-state index contributed by atoms with van der Waals surface area (Å²) >= 11 is 0. The van der Waals surface area contributed by atoms with Crippen LogP contribution in [-0.4, -0.2) is 31.2 Å². The summed E-state index contributed by atoms with van der Waals surface area (Å²) in [6.07, 6.45) is 1.68. The van der Waals surface area contributed by atoms with Crippen LogP contribution < -0.4 is 20.3 Å². The first-order chi connectivity index (χ1) is 13.5. The zero-order chi connectivity index (χ0) is 19.7. The third kappa shape index (κ3) is 3.51. The molecule has 7 nitrogen and oxygen atoms in total. The third-order valence-electron chi connectivity index (χ3n) is 4.71. The number of amides is 2. The van der Waals surface area contributed by atoms with Crippen LogP contribution >= 0.6 is 0 Å². The van der Waals surface area contributed by atoms with Crippen molar-refractivity contribution in [1.82, 2.24) is 10.3 Å². The van der Waals surface area contributed by atoms with E-state index in [4.69, 9.17) is 9.15 Å². The molecule has 2 amide bonds. The molecule has 1 aliphatic rings. The Kier molecular flexibility index (Phi) is 4.65. The van der Waals surface area contributed by atoms with Gasteiger partial charge in [-0.25, -0.2) is 9.78 Å². The smallest absolute Gasteiger partial charge is 0.321 e. The number of aryl methyl sites for hydroxylation is 2. The number of benzene rings is 2. The molecular weight excluding hydrogens is 356 g/mol. The molecule has 0 saturated carbocycles. The highest BCUT2D eigenvalue weighted by Crippen LogP contribution is 2.31. The van der Waals surface area contributed by atoms with E-state index in [1.807, 2.05) is 50.2 Å². The minimum Gasteiger partial charge on any atom is -0.497 e. The van der Waals surface area contributed by atoms with Crippen LogP contribution in [-0.2, 0) is 0 Å². The minimum atomic E-state index is -0.0787. The highest BCUT2D eigenvalue weighted by Gasteiger charge is 2.22. The Labute approximate surface area is 163 Å². The maximum Gasteiger partial charge on any atom is 0.321 e. The number of nitrogens with zero attached hydrogens (tertiary/aromatic N) is 2. The Morgan fingerprint density at radius 1 is 1.21 bits per heavy atom. The van der Waals surface area contributed by atoms with Gasteiger partial charge in [-0.3, -0.25) is 4.90 Å². The first kappa shape index (κ1) is 17.9. The molecule has 4 rings (SSSR count). The normalized spacial score (nSPS) is 13.5. The van der Waals surface area contributed by atoms with Crippen LogP contribution in [0.5, 0.6) is 5.75 Å². The Morgan fingerprint density at radius 3 is 2.82 bits per heavy atom. The molecule has 1 aromatic heterocycles. The molecule has 1 fully saturated rings. The number of hydrogen-bond donors (Lipinski definition) is 2. The monoisotopic (exact) mass is 378 g/mol. The number of methoxy groups -OCH3 is 1. The molecule has 3 aromatic rings. The van der Waals surface area contributed by atoms with Gasteiger partial charge in [0, 0.05) is 36.1 Å². The fourth-order valence-corrected chi connectivity index (χ4v) is 3.22. The summed E-state index contributed by atoms with van der Waals surface area (Å²) in [4.78, 5) is 18.1. The van der Waals surface area contributed by atoms with E-state index < -0.39 is 0 Å². The highest BCUT2D eigenvalue weighted by molar-refractivity contribution is 5.94. The predicted molar refractivity (Wildman–Crippen MR) is 108 cm³/mol. The second-order valence-corrected chi connectivity index (χ2v) is 6.78. The van der Waals surface area contributed by atoms with E-state index in [1.54, 1.807) is 18.2 Å². The molecule has 1 saturated heterocycles. The predicted octanol–water partition coefficient (Wildman–Crippen LogP) is 4.24. The van der Waals surface area contributed by atoms with Crippen molar-refractivity contribution in [3.05, 3.63) is 53.7 Å². The lowest BCUT2D eigenvalue weighted by atomic mass is 10.1. The molecule has 0 radical (unpaired) electrons. The molecule has 2 N–H and O–H groups in total. The van der Waals surface area contributed by atoms with Crippen LogP contribution in [0.3, 0.4) is 0 Å². The summed E-state index contributed by atoms with van der Waals surface area (Å²) in [5.74, 6) is 1.39. The van der Waals surface area contributed by atoms with Crippen LogP contribution in [0.25, 0.3) is 11.3 Å². The molecule has 144 valence electrons. The second-order valence-electron chi connectivity index (χ2n) is 6.78. The van der Waals surface area contributed by atoms with Crippen LogP contribution in [0.2, 0.25) is 0 Å². The molecule has 0 bridgehead atoms. The van der Waals surface area contributed by atoms with Gasteiger partial charge in [0.1, 0.15) is 5.75 Å². The second kappa shape index (κ2) is 7.26. The van der Waals surface area contributed by atoms with Gasteiger partial charge in [-0.05, 0) is 49.2 Å². The number of oxazole rings is 1. The third-order valence-corrected chi connectivity index (χ3v) is 4.71. The van der Waals surface area contributed by atoms with Crippen molar-refractivity contribution in [3.63, 3.8) is 0 Å². The fraction of sp³-hybridized carbons (Fsp3) is 0.238. The van der Waals surface area contributed by atoms with E-state index in [2.05, 4.69) is 15.6 Å². The first-order valence-corrected chi connectivity index (χ1v) is 9.08. The van der Waals surface area contributed by atoms with Crippen LogP contribution in [0, 0.1) is 13.8 Å². The fourth-order valence-electron chi connectivity index (χ4n) is 3.22. The zero-order valence-corrected chi connectivity index (χ0v) is 16.1. The summed E-state index contributed by atoms with van der Waals surface area (Å²) in [6.45, 7) is 5.30. The number of nitrogens with one attached hydrogen (secondary N) is 2. The largest absolute Gasteiger partial charge is 0.497 e. The molecule has 0 atom stereocenters. The van der Waals surface area contributed by atoms with E-state index in [-0.39, 0.29) is 6.03 Å². The average molecular weight is 378 g/mol. The average Bonchev–Trinajstić information content (AvgIpc) is 3.32. The molecule has 1 aliphatic heterocycles. The van der Waals surface area contributed by atoms with Crippen molar-refractivity contribution >= 4 is 23.4 Å². The van der Waals surface area contributed by atoms with Gasteiger partial charge in [-0.2, -0.15) is 0 Å². The van der Waals surface area contributed by atoms with E-state index in [9.17, 15) is 4.79 Å². The van der Waals surface area contributed by atoms with Gasteiger partial charge in [0.05, 0.1) is 13.3 Å². The number of carbonyl (C=O) groups is 1. The van der Waals surface area contributed by atoms with E-state index in [1.165, 1.54) is 0 Å². The molecule has 7 heteroatoms. The SMILES string of the molecule is COc1ccc(C)c(Nc2ncc(-c3cc(C)cc(N4CCNC4=O)c3)o2)c1. The lowest BCUT2D eigenvalue weighted by Gasteiger charge is -2.16. The number of anilines is 3. The van der Waals surface area contributed by atoms with Gasteiger partial charge in [0.25, 0.3) is 6.01 Å². The lowest BCUT2D eigenvalue weighted by Crippen LogP contribution is -2.27. The molecule has 0 spiro atoms. The summed E-state index contributed by atoms with van der Waals surface area (Å²) in [5.41, 5.74) is 4.68. The van der Waals surface area contributed by atoms with Gasteiger partial charge < -0.3 is 19.8 Å². The topological polar surface area (TPSA) is 79.6 Å². The van der Waals surface area contributed by atoms with Crippen molar-refractivity contribution in [2.75, 3.05) is 30.4 Å². The number of hydrogen-bond acceptors (Lipinski definition) is 5. The van der Waals surface area contributed by atoms with Gasteiger partial charge in [-0.1, -0.05) is 6.07 Å². The number of aromatic nitrogens is 1. The molecule has 2 heterocycles. The van der Waals surface area contributed by atoms with Crippen molar-refractivity contribution in [2.45, 2.75) is 13.8 Å². The Balaban J connectivity index is 1.61. The first-order valence-electron chi connectivity index (χ1n) is 9.08. The van der Waals surface area contributed by atoms with E-state index in [0.29, 0.717) is 24.9 Å². The van der Waals surface area contributed by atoms with E-state index in [0.717, 1.165) is 33.8 Å². The summed E-state index contributed by atoms with van der Waals surface area (Å²) < 4.78 is 11.2. The Morgan fingerprint density at radius 2 is 2.07 bits per heavy atom. The van der Waals surface area contributed by atoms with Gasteiger partial charge in [0.2, 0.25) is 0 Å². The van der Waals surface area contributed by atoms with E-state index >= 15 is 0 Å². The number of rotatable bonds is 5. The Bertz CT molecular complexity index is 1030. The van der Waals surface area contributed by atoms with Gasteiger partial charge >= 0.3 is 6.03 Å². The molecule has 28 heavy (non-hydrogen) atoms. The molecular formula is C21H22N4O3. The summed E-state index contributed by atoms with van der Waals surface area (Å²) in [7, 11) is 1.63. The maximum atomic E-state index is 12.0. The maximum absolute atomic E-state index is 12.0. The number of urea groups is 1. The lowest BCUT2D eigenvalue weighted by molar-refractivity contribution is 0.252. The molecule has 0 aliphatic carbocycles. The number of carbonyl (C=O) groups excluding carboxylic acids is 1. The zero-order valence-electron chi connectivity index (χ0n) is 16.1. The van der Waals surface area contributed by atoms with Crippen molar-refractivity contribution in [2.24, 2.45) is 0 Å². The van der Waals surface area contributed by atoms with Crippen molar-refractivity contribution in [3.8, 4) is 17.1 Å². The van der Waals surface area contributed by atoms with Crippen LogP contribution in [0.1, 0.15) is 11.1 Å². The molecule has 2 aromatic carbocycles. The van der Waals surface area contributed by atoms with Crippen LogP contribution in [0.4, 0.5) is 22.2 Å². The van der Waals surface area contributed by atoms with Gasteiger partial charge in [-0.15, -0.1) is 0 Å². The molecule has 0 unspecified atom stereocenters. The highest BCUT2D eigenvalue weighted by atomic mass is 16.5. The van der Waals surface area contributed by atoms with Crippen LogP contribution in [0.15, 0.2) is 47.0 Å². The van der Waals surface area contributed by atoms with Crippen molar-refractivity contribution < 1.29 is 13.9 Å². The van der Waals surface area contributed by atoms with Gasteiger partial charge in [0.15, 0.2) is 5.76 Å². The number of ether oxygens (including phenoxy) is 1. The summed E-state index contributed by atoms with van der Waals surface area (Å²) in [5, 5.41) is 6.02. The summed E-state index contributed by atoms with van der Waals surface area (Å²) in [6, 6.07) is 12.0. The van der Waals surface area contributed by atoms with Crippen molar-refractivity contribution in [1.29, 1.82) is 0 Å². The quantitative estimate of drug-likeness (QED) is 0.694.